The number of pyridine rings is 1. The molecule has 2 aromatic rings. The molecule has 2 aliphatic rings. The quantitative estimate of drug-likeness (QED) is 0.738. The maximum atomic E-state index is 6.24. The van der Waals surface area contributed by atoms with Gasteiger partial charge in [-0.05, 0) is 26.0 Å². The summed E-state index contributed by atoms with van der Waals surface area (Å²) >= 11 is 12.4. The average Bonchev–Trinajstić information content (AvgIpc) is 2.77. The minimum absolute atomic E-state index is 0.461. The molecule has 2 unspecified atom stereocenters. The fourth-order valence-corrected chi connectivity index (χ4v) is 3.96. The largest absolute Gasteiger partial charge is 0.299 e. The molecule has 94 valence electrons. The summed E-state index contributed by atoms with van der Waals surface area (Å²) in [6, 6.07) is 2.86. The van der Waals surface area contributed by atoms with Gasteiger partial charge in [0, 0.05) is 18.7 Å². The minimum atomic E-state index is 0.461. The zero-order valence-electron chi connectivity index (χ0n) is 10.0. The molecule has 0 radical (unpaired) electrons. The second kappa shape index (κ2) is 3.62. The number of rotatable bonds is 0. The van der Waals surface area contributed by atoms with E-state index in [1.165, 1.54) is 24.2 Å². The lowest BCUT2D eigenvalue weighted by Crippen LogP contribution is -2.34. The first kappa shape index (κ1) is 11.1. The average molecular weight is 282 g/mol. The molecular formula is C13H13Cl2N3. The van der Waals surface area contributed by atoms with Gasteiger partial charge in [-0.1, -0.05) is 23.2 Å². The van der Waals surface area contributed by atoms with Crippen molar-refractivity contribution in [2.24, 2.45) is 0 Å². The third-order valence-electron chi connectivity index (χ3n) is 4.34. The molecule has 2 bridgehead atoms. The van der Waals surface area contributed by atoms with Gasteiger partial charge in [0.2, 0.25) is 0 Å². The van der Waals surface area contributed by atoms with Crippen molar-refractivity contribution in [1.29, 1.82) is 0 Å². The third kappa shape index (κ3) is 1.33. The van der Waals surface area contributed by atoms with Crippen LogP contribution in [0.1, 0.15) is 30.3 Å². The maximum absolute atomic E-state index is 6.24. The van der Waals surface area contributed by atoms with Gasteiger partial charge in [0.05, 0.1) is 27.5 Å². The Bertz CT molecular complexity index is 649. The number of imidazole rings is 1. The van der Waals surface area contributed by atoms with Crippen LogP contribution in [0.5, 0.6) is 0 Å². The van der Waals surface area contributed by atoms with Gasteiger partial charge < -0.3 is 0 Å². The summed E-state index contributed by atoms with van der Waals surface area (Å²) in [5, 5.41) is 1.30. The lowest BCUT2D eigenvalue weighted by Gasteiger charge is -2.30. The first-order valence-electron chi connectivity index (χ1n) is 6.23. The molecule has 0 aromatic carbocycles. The minimum Gasteiger partial charge on any atom is -0.299 e. The van der Waals surface area contributed by atoms with Crippen molar-refractivity contribution in [1.82, 2.24) is 14.3 Å². The van der Waals surface area contributed by atoms with Crippen LogP contribution in [0.3, 0.4) is 0 Å². The Morgan fingerprint density at radius 1 is 1.33 bits per heavy atom. The highest BCUT2D eigenvalue weighted by Crippen LogP contribution is 2.43. The van der Waals surface area contributed by atoms with E-state index in [0.717, 1.165) is 12.1 Å². The zero-order chi connectivity index (χ0) is 12.4. The van der Waals surface area contributed by atoms with Crippen LogP contribution in [0, 0.1) is 0 Å². The standard InChI is InChI=1S/C13H13Cl2N3/c1-17-8-2-3-11(17)12-10(5-8)16-13-9(15)4-7(14)6-18(12)13/h4,6,8,11H,2-3,5H2,1H3. The number of halogens is 2. The van der Waals surface area contributed by atoms with Crippen molar-refractivity contribution in [3.63, 3.8) is 0 Å². The Labute approximate surface area is 115 Å². The summed E-state index contributed by atoms with van der Waals surface area (Å²) in [5.74, 6) is 0. The van der Waals surface area contributed by atoms with Crippen LogP contribution in [0.25, 0.3) is 5.65 Å². The van der Waals surface area contributed by atoms with Crippen LogP contribution in [-0.4, -0.2) is 27.4 Å². The van der Waals surface area contributed by atoms with Gasteiger partial charge in [-0.2, -0.15) is 0 Å². The van der Waals surface area contributed by atoms with E-state index in [2.05, 4.69) is 16.3 Å². The summed E-state index contributed by atoms with van der Waals surface area (Å²) in [6.07, 6.45) is 5.42. The Kier molecular flexibility index (Phi) is 2.23. The number of hydrogen-bond donors (Lipinski definition) is 0. The van der Waals surface area contributed by atoms with E-state index in [1.54, 1.807) is 6.07 Å². The van der Waals surface area contributed by atoms with Gasteiger partial charge in [-0.3, -0.25) is 9.30 Å². The summed E-state index contributed by atoms with van der Waals surface area (Å²) in [4.78, 5) is 7.18. The monoisotopic (exact) mass is 281 g/mol. The molecule has 0 saturated carbocycles. The number of hydrogen-bond acceptors (Lipinski definition) is 2. The summed E-state index contributed by atoms with van der Waals surface area (Å²) in [7, 11) is 2.21. The molecule has 2 aliphatic heterocycles. The molecule has 1 fully saturated rings. The molecule has 1 saturated heterocycles. The smallest absolute Gasteiger partial charge is 0.156 e. The Balaban J connectivity index is 2.04. The van der Waals surface area contributed by atoms with Crippen LogP contribution in [-0.2, 0) is 6.42 Å². The Hall–Kier alpha value is -0.770. The lowest BCUT2D eigenvalue weighted by molar-refractivity contribution is 0.218. The molecule has 0 N–H and O–H groups in total. The second-order valence-corrected chi connectivity index (χ2v) is 6.10. The van der Waals surface area contributed by atoms with Gasteiger partial charge in [0.15, 0.2) is 5.65 Å². The van der Waals surface area contributed by atoms with Crippen molar-refractivity contribution in [2.75, 3.05) is 7.05 Å². The van der Waals surface area contributed by atoms with E-state index in [1.807, 2.05) is 6.20 Å². The maximum Gasteiger partial charge on any atom is 0.156 e. The van der Waals surface area contributed by atoms with E-state index in [0.29, 0.717) is 22.1 Å². The highest BCUT2D eigenvalue weighted by molar-refractivity contribution is 6.36. The summed E-state index contributed by atoms with van der Waals surface area (Å²) < 4.78 is 2.09. The molecule has 0 spiro atoms. The zero-order valence-corrected chi connectivity index (χ0v) is 11.5. The lowest BCUT2D eigenvalue weighted by atomic mass is 10.0. The molecular weight excluding hydrogens is 269 g/mol. The van der Waals surface area contributed by atoms with Crippen molar-refractivity contribution < 1.29 is 0 Å². The molecule has 18 heavy (non-hydrogen) atoms. The van der Waals surface area contributed by atoms with Crippen LogP contribution in [0.4, 0.5) is 0 Å². The van der Waals surface area contributed by atoms with Gasteiger partial charge in [0.1, 0.15) is 0 Å². The van der Waals surface area contributed by atoms with E-state index < -0.39 is 0 Å². The fraction of sp³-hybridized carbons (Fsp3) is 0.462. The molecule has 3 nitrogen and oxygen atoms in total. The summed E-state index contributed by atoms with van der Waals surface area (Å²) in [5.41, 5.74) is 3.32. The molecule has 2 atom stereocenters. The molecule has 4 rings (SSSR count). The van der Waals surface area contributed by atoms with E-state index in [-0.39, 0.29) is 0 Å². The highest BCUT2D eigenvalue weighted by atomic mass is 35.5. The predicted octanol–water partition coefficient (Wildman–Crippen LogP) is 3.33. The normalized spacial score (nSPS) is 26.8. The van der Waals surface area contributed by atoms with Crippen LogP contribution in [0.15, 0.2) is 12.3 Å². The predicted molar refractivity (Wildman–Crippen MR) is 72.4 cm³/mol. The number of aromatic nitrogens is 2. The molecule has 5 heteroatoms. The Morgan fingerprint density at radius 3 is 3.00 bits per heavy atom. The van der Waals surface area contributed by atoms with E-state index in [4.69, 9.17) is 28.2 Å². The third-order valence-corrected chi connectivity index (χ3v) is 4.83. The van der Waals surface area contributed by atoms with Crippen molar-refractivity contribution in [3.05, 3.63) is 33.7 Å². The van der Waals surface area contributed by atoms with E-state index >= 15 is 0 Å². The molecule has 0 amide bonds. The van der Waals surface area contributed by atoms with Crippen LogP contribution in [0.2, 0.25) is 10.0 Å². The van der Waals surface area contributed by atoms with Crippen molar-refractivity contribution in [2.45, 2.75) is 31.3 Å². The molecule has 0 aliphatic carbocycles. The van der Waals surface area contributed by atoms with Gasteiger partial charge in [-0.15, -0.1) is 0 Å². The first-order valence-corrected chi connectivity index (χ1v) is 6.98. The van der Waals surface area contributed by atoms with Gasteiger partial charge in [0.25, 0.3) is 0 Å². The van der Waals surface area contributed by atoms with Gasteiger partial charge >= 0.3 is 0 Å². The number of fused-ring (bicyclic) bond motifs is 6. The number of nitrogens with zero attached hydrogens (tertiary/aromatic N) is 3. The second-order valence-electron chi connectivity index (χ2n) is 5.26. The van der Waals surface area contributed by atoms with Gasteiger partial charge in [-0.25, -0.2) is 4.98 Å². The highest BCUT2D eigenvalue weighted by Gasteiger charge is 2.40. The molecule has 2 aromatic heterocycles. The fourth-order valence-electron chi connectivity index (χ4n) is 3.45. The van der Waals surface area contributed by atoms with E-state index in [9.17, 15) is 0 Å². The Morgan fingerprint density at radius 2 is 2.17 bits per heavy atom. The van der Waals surface area contributed by atoms with Crippen molar-refractivity contribution in [3.8, 4) is 0 Å². The van der Waals surface area contributed by atoms with Crippen molar-refractivity contribution >= 4 is 28.8 Å². The molecule has 4 heterocycles. The SMILES string of the molecule is CN1C2CCC1c1c(nc3c(Cl)cc(Cl)cn13)C2. The number of likely N-dealkylation sites (N-methyl/N-ethyl adjacent to an activating group) is 1. The summed E-state index contributed by atoms with van der Waals surface area (Å²) in [6.45, 7) is 0. The first-order chi connectivity index (χ1) is 8.65. The topological polar surface area (TPSA) is 20.5 Å². The van der Waals surface area contributed by atoms with Crippen LogP contribution < -0.4 is 0 Å². The van der Waals surface area contributed by atoms with Crippen LogP contribution >= 0.6 is 23.2 Å².